The lowest BCUT2D eigenvalue weighted by molar-refractivity contribution is 0.102. The van der Waals surface area contributed by atoms with Crippen molar-refractivity contribution in [1.82, 2.24) is 0 Å². The Kier molecular flexibility index (Phi) is 6.16. The highest BCUT2D eigenvalue weighted by Crippen LogP contribution is 2.35. The zero-order valence-corrected chi connectivity index (χ0v) is 15.4. The van der Waals surface area contributed by atoms with Gasteiger partial charge in [-0.05, 0) is 62.1 Å². The van der Waals surface area contributed by atoms with Crippen LogP contribution in [0.25, 0.3) is 0 Å². The maximum absolute atomic E-state index is 14.1. The van der Waals surface area contributed by atoms with Crippen LogP contribution >= 0.6 is 23.4 Å². The van der Waals surface area contributed by atoms with Gasteiger partial charge in [-0.2, -0.15) is 0 Å². The first-order chi connectivity index (χ1) is 12.4. The molecule has 3 nitrogen and oxygen atoms in total. The normalized spacial score (nSPS) is 20.0. The van der Waals surface area contributed by atoms with E-state index in [-0.39, 0.29) is 16.4 Å². The summed E-state index contributed by atoms with van der Waals surface area (Å²) < 4.78 is 27.3. The lowest BCUT2D eigenvalue weighted by Crippen LogP contribution is -2.21. The number of hydrogen-bond donors (Lipinski definition) is 2. The van der Waals surface area contributed by atoms with Gasteiger partial charge in [-0.15, -0.1) is 11.8 Å². The number of benzene rings is 2. The fourth-order valence-electron chi connectivity index (χ4n) is 2.92. The second-order valence-electron chi connectivity index (χ2n) is 6.29. The molecule has 1 aliphatic carbocycles. The molecule has 1 aliphatic rings. The summed E-state index contributed by atoms with van der Waals surface area (Å²) in [5, 5.41) is 12.4. The molecule has 2 N–H and O–H groups in total. The molecule has 0 aliphatic heterocycles. The fraction of sp³-hybridized carbons (Fsp3) is 0.316. The highest BCUT2D eigenvalue weighted by Gasteiger charge is 2.22. The lowest BCUT2D eigenvalue weighted by atomic mass is 9.97. The zero-order chi connectivity index (χ0) is 18.7. The molecule has 0 spiro atoms. The van der Waals surface area contributed by atoms with Crippen molar-refractivity contribution >= 4 is 35.0 Å². The van der Waals surface area contributed by atoms with E-state index in [0.29, 0.717) is 22.6 Å². The van der Waals surface area contributed by atoms with Crippen molar-refractivity contribution in [3.05, 3.63) is 58.6 Å². The minimum atomic E-state index is -0.570. The van der Waals surface area contributed by atoms with Gasteiger partial charge in [0, 0.05) is 21.4 Å². The van der Waals surface area contributed by atoms with Gasteiger partial charge >= 0.3 is 0 Å². The van der Waals surface area contributed by atoms with E-state index in [1.807, 2.05) is 0 Å². The molecule has 0 radical (unpaired) electrons. The first-order valence-electron chi connectivity index (χ1n) is 8.33. The second-order valence-corrected chi connectivity index (χ2v) is 8.04. The van der Waals surface area contributed by atoms with E-state index in [1.54, 1.807) is 0 Å². The van der Waals surface area contributed by atoms with Crippen molar-refractivity contribution in [3.63, 3.8) is 0 Å². The Morgan fingerprint density at radius 3 is 2.65 bits per heavy atom. The Labute approximate surface area is 159 Å². The molecule has 1 saturated carbocycles. The molecule has 2 aromatic rings. The van der Waals surface area contributed by atoms with Gasteiger partial charge < -0.3 is 10.4 Å². The molecule has 1 amide bonds. The van der Waals surface area contributed by atoms with Gasteiger partial charge in [0.1, 0.15) is 11.6 Å². The third kappa shape index (κ3) is 4.75. The number of carbonyl (C=O) groups excluding carboxylic acids is 1. The minimum absolute atomic E-state index is 0.0889. The topological polar surface area (TPSA) is 49.3 Å². The van der Waals surface area contributed by atoms with Gasteiger partial charge in [0.25, 0.3) is 5.91 Å². The highest BCUT2D eigenvalue weighted by molar-refractivity contribution is 8.00. The average Bonchev–Trinajstić information content (AvgIpc) is 2.60. The van der Waals surface area contributed by atoms with E-state index in [1.165, 1.54) is 42.1 Å². The van der Waals surface area contributed by atoms with E-state index in [2.05, 4.69) is 5.32 Å². The van der Waals surface area contributed by atoms with Crippen LogP contribution < -0.4 is 5.32 Å². The summed E-state index contributed by atoms with van der Waals surface area (Å²) in [6.07, 6.45) is 2.87. The van der Waals surface area contributed by atoms with Crippen LogP contribution in [0.4, 0.5) is 14.5 Å². The summed E-state index contributed by atoms with van der Waals surface area (Å²) in [5.41, 5.74) is 0.654. The van der Waals surface area contributed by atoms with Crippen molar-refractivity contribution < 1.29 is 18.7 Å². The van der Waals surface area contributed by atoms with E-state index < -0.39 is 17.5 Å². The number of anilines is 1. The Bertz CT molecular complexity index is 818. The number of aliphatic hydroxyl groups excluding tert-OH is 1. The van der Waals surface area contributed by atoms with Crippen LogP contribution in [-0.4, -0.2) is 22.4 Å². The van der Waals surface area contributed by atoms with Crippen molar-refractivity contribution in [2.45, 2.75) is 41.9 Å². The van der Waals surface area contributed by atoms with Gasteiger partial charge in [0.05, 0.1) is 11.1 Å². The summed E-state index contributed by atoms with van der Waals surface area (Å²) in [5.74, 6) is -1.39. The third-order valence-electron chi connectivity index (χ3n) is 4.26. The molecular weight excluding hydrogens is 380 g/mol. The number of aliphatic hydroxyl groups is 1. The van der Waals surface area contributed by atoms with Gasteiger partial charge in [-0.3, -0.25) is 4.79 Å². The van der Waals surface area contributed by atoms with Crippen LogP contribution in [0.15, 0.2) is 41.3 Å². The summed E-state index contributed by atoms with van der Waals surface area (Å²) in [6.45, 7) is 0. The lowest BCUT2D eigenvalue weighted by Gasteiger charge is -2.25. The Hall–Kier alpha value is -1.63. The molecule has 0 bridgehead atoms. The van der Waals surface area contributed by atoms with Crippen molar-refractivity contribution in [2.24, 2.45) is 0 Å². The largest absolute Gasteiger partial charge is 0.393 e. The van der Waals surface area contributed by atoms with Crippen LogP contribution in [0.1, 0.15) is 36.0 Å². The Balaban J connectivity index is 1.73. The number of amides is 1. The number of carbonyl (C=O) groups is 1. The molecular formula is C19H18ClF2NO2S. The molecule has 3 rings (SSSR count). The van der Waals surface area contributed by atoms with E-state index in [0.717, 1.165) is 25.3 Å². The van der Waals surface area contributed by atoms with E-state index in [4.69, 9.17) is 11.6 Å². The Morgan fingerprint density at radius 2 is 1.92 bits per heavy atom. The monoisotopic (exact) mass is 397 g/mol. The predicted octanol–water partition coefficient (Wildman–Crippen LogP) is 5.27. The summed E-state index contributed by atoms with van der Waals surface area (Å²) in [6, 6.07) is 8.04. The molecule has 1 unspecified atom stereocenters. The van der Waals surface area contributed by atoms with Crippen LogP contribution in [0.3, 0.4) is 0 Å². The number of rotatable bonds is 4. The maximum atomic E-state index is 14.1. The molecule has 26 heavy (non-hydrogen) atoms. The van der Waals surface area contributed by atoms with Crippen LogP contribution in [0.2, 0.25) is 5.02 Å². The molecule has 7 heteroatoms. The summed E-state index contributed by atoms with van der Waals surface area (Å²) >= 11 is 7.06. The quantitative estimate of drug-likeness (QED) is 0.739. The smallest absolute Gasteiger partial charge is 0.255 e. The number of hydrogen-bond acceptors (Lipinski definition) is 3. The van der Waals surface area contributed by atoms with Crippen molar-refractivity contribution in [2.75, 3.05) is 5.32 Å². The Morgan fingerprint density at radius 1 is 1.15 bits per heavy atom. The number of halogens is 3. The van der Waals surface area contributed by atoms with Crippen molar-refractivity contribution in [3.8, 4) is 0 Å². The second kappa shape index (κ2) is 8.37. The van der Waals surface area contributed by atoms with Crippen LogP contribution in [0, 0.1) is 11.6 Å². The molecule has 0 aromatic heterocycles. The zero-order valence-electron chi connectivity index (χ0n) is 13.8. The fourth-order valence-corrected chi connectivity index (χ4v) is 4.44. The highest BCUT2D eigenvalue weighted by atomic mass is 35.5. The molecule has 2 atom stereocenters. The third-order valence-corrected chi connectivity index (χ3v) is 5.88. The average molecular weight is 398 g/mol. The molecule has 0 heterocycles. The van der Waals surface area contributed by atoms with E-state index in [9.17, 15) is 18.7 Å². The first kappa shape index (κ1) is 19.1. The van der Waals surface area contributed by atoms with Gasteiger partial charge in [-0.25, -0.2) is 8.78 Å². The van der Waals surface area contributed by atoms with Gasteiger partial charge in [0.2, 0.25) is 0 Å². The molecule has 2 aromatic carbocycles. The van der Waals surface area contributed by atoms with Crippen molar-refractivity contribution in [1.29, 1.82) is 0 Å². The SMILES string of the molecule is O=C(Nc1ccc(F)c(Cl)c1)c1ccc(F)c(SC2CCC[C@@H](O)C2)c1. The summed E-state index contributed by atoms with van der Waals surface area (Å²) in [4.78, 5) is 12.8. The number of nitrogens with one attached hydrogen (secondary N) is 1. The van der Waals surface area contributed by atoms with Crippen LogP contribution in [0.5, 0.6) is 0 Å². The summed E-state index contributed by atoms with van der Waals surface area (Å²) in [7, 11) is 0. The molecule has 138 valence electrons. The van der Waals surface area contributed by atoms with E-state index >= 15 is 0 Å². The minimum Gasteiger partial charge on any atom is -0.393 e. The predicted molar refractivity (Wildman–Crippen MR) is 99.9 cm³/mol. The van der Waals surface area contributed by atoms with Gasteiger partial charge in [-0.1, -0.05) is 11.6 Å². The molecule has 1 fully saturated rings. The first-order valence-corrected chi connectivity index (χ1v) is 9.59. The molecule has 0 saturated heterocycles. The standard InChI is InChI=1S/C19H18ClF2NO2S/c20-15-9-12(5-7-16(15)21)23-19(25)11-4-6-17(22)18(8-11)26-14-3-1-2-13(24)10-14/h4-9,13-14,24H,1-3,10H2,(H,23,25)/t13-,14?/m1/s1. The number of thioether (sulfide) groups is 1. The maximum Gasteiger partial charge on any atom is 0.255 e. The van der Waals surface area contributed by atoms with Crippen LogP contribution in [-0.2, 0) is 0 Å². The van der Waals surface area contributed by atoms with Gasteiger partial charge in [0.15, 0.2) is 0 Å².